The van der Waals surface area contributed by atoms with Gasteiger partial charge in [-0.05, 0) is 19.9 Å². The second-order valence-corrected chi connectivity index (χ2v) is 6.33. The van der Waals surface area contributed by atoms with Crippen LogP contribution in [0, 0.1) is 0 Å². The molecule has 24 heavy (non-hydrogen) atoms. The number of ether oxygens (including phenoxy) is 2. The Bertz CT molecular complexity index is 542. The summed E-state index contributed by atoms with van der Waals surface area (Å²) in [5, 5.41) is 6.64. The maximum absolute atomic E-state index is 5.43. The maximum Gasteiger partial charge on any atom is 0.191 e. The van der Waals surface area contributed by atoms with Crippen molar-refractivity contribution in [2.24, 2.45) is 4.99 Å². The van der Waals surface area contributed by atoms with Gasteiger partial charge in [0.25, 0.3) is 0 Å². The van der Waals surface area contributed by atoms with Crippen molar-refractivity contribution in [1.82, 2.24) is 15.6 Å². The van der Waals surface area contributed by atoms with Crippen molar-refractivity contribution in [2.45, 2.75) is 26.0 Å². The number of rotatable bonds is 6. The van der Waals surface area contributed by atoms with Crippen LogP contribution in [0.1, 0.15) is 19.4 Å². The number of aromatic nitrogens is 1. The minimum absolute atomic E-state index is 0.245. The zero-order chi connectivity index (χ0) is 17.4. The quantitative estimate of drug-likeness (QED) is 0.597. The fraction of sp³-hybridized carbons (Fsp3) is 0.647. The number of morpholine rings is 1. The first-order valence-electron chi connectivity index (χ1n) is 8.32. The van der Waals surface area contributed by atoms with Crippen molar-refractivity contribution in [1.29, 1.82) is 0 Å². The second-order valence-electron chi connectivity index (χ2n) is 6.33. The van der Waals surface area contributed by atoms with Crippen LogP contribution in [0.15, 0.2) is 23.3 Å². The van der Waals surface area contributed by atoms with Gasteiger partial charge in [-0.3, -0.25) is 4.99 Å². The van der Waals surface area contributed by atoms with Crippen LogP contribution in [0.2, 0.25) is 0 Å². The molecule has 2 N–H and O–H groups in total. The average molecular weight is 335 g/mol. The molecule has 0 radical (unpaired) electrons. The lowest BCUT2D eigenvalue weighted by Gasteiger charge is -2.29. The zero-order valence-corrected chi connectivity index (χ0v) is 15.1. The molecule has 1 fully saturated rings. The van der Waals surface area contributed by atoms with Gasteiger partial charge in [-0.25, -0.2) is 4.98 Å². The van der Waals surface area contributed by atoms with Crippen LogP contribution < -0.4 is 15.5 Å². The summed E-state index contributed by atoms with van der Waals surface area (Å²) in [5.74, 6) is 1.76. The lowest BCUT2D eigenvalue weighted by atomic mass is 10.1. The van der Waals surface area contributed by atoms with Gasteiger partial charge >= 0.3 is 0 Å². The molecule has 0 atom stereocenters. The van der Waals surface area contributed by atoms with Crippen molar-refractivity contribution < 1.29 is 9.47 Å². The van der Waals surface area contributed by atoms with Crippen molar-refractivity contribution >= 4 is 11.8 Å². The van der Waals surface area contributed by atoms with E-state index in [1.54, 1.807) is 14.2 Å². The number of anilines is 1. The molecule has 2 rings (SSSR count). The first kappa shape index (κ1) is 18.5. The third-order valence-corrected chi connectivity index (χ3v) is 4.08. The largest absolute Gasteiger partial charge is 0.378 e. The lowest BCUT2D eigenvalue weighted by molar-refractivity contribution is 0.0268. The van der Waals surface area contributed by atoms with Crippen molar-refractivity contribution in [3.05, 3.63) is 23.9 Å². The van der Waals surface area contributed by atoms with E-state index >= 15 is 0 Å². The molecule has 134 valence electrons. The van der Waals surface area contributed by atoms with E-state index in [2.05, 4.69) is 31.6 Å². The molecular formula is C17H29N5O2. The van der Waals surface area contributed by atoms with Gasteiger partial charge in [-0.2, -0.15) is 0 Å². The van der Waals surface area contributed by atoms with E-state index in [4.69, 9.17) is 9.47 Å². The molecule has 1 saturated heterocycles. The van der Waals surface area contributed by atoms with E-state index < -0.39 is 0 Å². The molecule has 0 amide bonds. The van der Waals surface area contributed by atoms with Crippen molar-refractivity contribution in [2.75, 3.05) is 51.9 Å². The first-order valence-corrected chi connectivity index (χ1v) is 8.32. The minimum Gasteiger partial charge on any atom is -0.378 e. The van der Waals surface area contributed by atoms with Gasteiger partial charge in [0, 0.05) is 52.1 Å². The zero-order valence-electron chi connectivity index (χ0n) is 15.1. The Hall–Kier alpha value is -1.86. The molecule has 1 aliphatic rings. The summed E-state index contributed by atoms with van der Waals surface area (Å²) in [5.41, 5.74) is 0.901. The summed E-state index contributed by atoms with van der Waals surface area (Å²) in [4.78, 5) is 11.1. The van der Waals surface area contributed by atoms with E-state index in [1.807, 2.05) is 26.1 Å². The second kappa shape index (κ2) is 8.84. The van der Waals surface area contributed by atoms with E-state index in [0.29, 0.717) is 13.1 Å². The van der Waals surface area contributed by atoms with Gasteiger partial charge in [0.1, 0.15) is 5.82 Å². The monoisotopic (exact) mass is 335 g/mol. The Labute approximate surface area is 144 Å². The van der Waals surface area contributed by atoms with Crippen LogP contribution in [0.5, 0.6) is 0 Å². The molecule has 0 saturated carbocycles. The molecule has 0 spiro atoms. The van der Waals surface area contributed by atoms with E-state index in [9.17, 15) is 0 Å². The molecule has 0 aliphatic carbocycles. The molecule has 7 heteroatoms. The van der Waals surface area contributed by atoms with Gasteiger partial charge in [-0.15, -0.1) is 0 Å². The van der Waals surface area contributed by atoms with Crippen LogP contribution in [-0.4, -0.2) is 63.6 Å². The SMILES string of the molecule is CN=C(NCc1cccnc1N1CCOCC1)NCC(C)(C)OC. The molecule has 0 bridgehead atoms. The summed E-state index contributed by atoms with van der Waals surface area (Å²) in [7, 11) is 3.48. The molecule has 0 unspecified atom stereocenters. The molecule has 7 nitrogen and oxygen atoms in total. The number of hydrogen-bond donors (Lipinski definition) is 2. The Morgan fingerprint density at radius 2 is 2.12 bits per heavy atom. The third-order valence-electron chi connectivity index (χ3n) is 4.08. The van der Waals surface area contributed by atoms with Crippen LogP contribution in [0.4, 0.5) is 5.82 Å². The summed E-state index contributed by atoms with van der Waals surface area (Å²) in [6, 6.07) is 4.06. The highest BCUT2D eigenvalue weighted by Gasteiger charge is 2.18. The Balaban J connectivity index is 1.95. The van der Waals surface area contributed by atoms with Gasteiger partial charge in [0.15, 0.2) is 5.96 Å². The van der Waals surface area contributed by atoms with Crippen molar-refractivity contribution in [3.8, 4) is 0 Å². The summed E-state index contributed by atoms with van der Waals surface area (Å²) >= 11 is 0. The highest BCUT2D eigenvalue weighted by Crippen LogP contribution is 2.18. The summed E-state index contributed by atoms with van der Waals surface area (Å²) in [6.45, 7) is 8.64. The standard InChI is InChI=1S/C17H29N5O2/c1-17(2,23-4)13-21-16(18-3)20-12-14-6-5-7-19-15(14)22-8-10-24-11-9-22/h5-7H,8-13H2,1-4H3,(H2,18,20,21). The van der Waals surface area contributed by atoms with Gasteiger partial charge in [-0.1, -0.05) is 6.07 Å². The number of guanidine groups is 1. The Morgan fingerprint density at radius 3 is 2.79 bits per heavy atom. The van der Waals surface area contributed by atoms with Crippen molar-refractivity contribution in [3.63, 3.8) is 0 Å². The van der Waals surface area contributed by atoms with Gasteiger partial charge in [0.2, 0.25) is 0 Å². The fourth-order valence-electron chi connectivity index (χ4n) is 2.40. The predicted molar refractivity (Wildman–Crippen MR) is 96.6 cm³/mol. The number of methoxy groups -OCH3 is 1. The normalized spacial score (nSPS) is 16.2. The number of pyridine rings is 1. The molecule has 1 aromatic rings. The maximum atomic E-state index is 5.43. The molecule has 0 aromatic carbocycles. The van der Waals surface area contributed by atoms with E-state index in [-0.39, 0.29) is 5.60 Å². The molecule has 1 aliphatic heterocycles. The highest BCUT2D eigenvalue weighted by molar-refractivity contribution is 5.79. The number of aliphatic imine (C=N–C) groups is 1. The lowest BCUT2D eigenvalue weighted by Crippen LogP contribution is -2.45. The van der Waals surface area contributed by atoms with Crippen LogP contribution in [-0.2, 0) is 16.0 Å². The van der Waals surface area contributed by atoms with Crippen LogP contribution >= 0.6 is 0 Å². The van der Waals surface area contributed by atoms with Gasteiger partial charge < -0.3 is 25.0 Å². The number of hydrogen-bond acceptors (Lipinski definition) is 5. The molecule has 2 heterocycles. The van der Waals surface area contributed by atoms with E-state index in [1.165, 1.54) is 0 Å². The minimum atomic E-state index is -0.245. The molecular weight excluding hydrogens is 306 g/mol. The third kappa shape index (κ3) is 5.35. The van der Waals surface area contributed by atoms with E-state index in [0.717, 1.165) is 43.6 Å². The topological polar surface area (TPSA) is 71.0 Å². The predicted octanol–water partition coefficient (Wildman–Crippen LogP) is 1.01. The molecule has 1 aromatic heterocycles. The van der Waals surface area contributed by atoms with Gasteiger partial charge in [0.05, 0.1) is 18.8 Å². The number of nitrogens with one attached hydrogen (secondary N) is 2. The van der Waals surface area contributed by atoms with Crippen LogP contribution in [0.3, 0.4) is 0 Å². The Kier molecular flexibility index (Phi) is 6.81. The fourth-order valence-corrected chi connectivity index (χ4v) is 2.40. The summed E-state index contributed by atoms with van der Waals surface area (Å²) in [6.07, 6.45) is 1.84. The first-order chi connectivity index (χ1) is 11.6. The number of nitrogens with zero attached hydrogens (tertiary/aromatic N) is 3. The average Bonchev–Trinajstić information content (AvgIpc) is 2.63. The Morgan fingerprint density at radius 1 is 1.38 bits per heavy atom. The smallest absolute Gasteiger partial charge is 0.191 e. The summed E-state index contributed by atoms with van der Waals surface area (Å²) < 4.78 is 10.8. The highest BCUT2D eigenvalue weighted by atomic mass is 16.5. The van der Waals surface area contributed by atoms with Crippen LogP contribution in [0.25, 0.3) is 0 Å².